The van der Waals surface area contributed by atoms with Gasteiger partial charge >= 0.3 is 6.01 Å². The van der Waals surface area contributed by atoms with Crippen molar-refractivity contribution in [3.63, 3.8) is 0 Å². The average Bonchev–Trinajstić information content (AvgIpc) is 2.40. The molecule has 0 aliphatic carbocycles. The fraction of sp³-hybridized carbons (Fsp3) is 0. The van der Waals surface area contributed by atoms with Gasteiger partial charge in [-0.25, -0.2) is 0 Å². The summed E-state index contributed by atoms with van der Waals surface area (Å²) in [6.45, 7) is 0. The van der Waals surface area contributed by atoms with Crippen molar-refractivity contribution in [1.82, 2.24) is 9.97 Å². The van der Waals surface area contributed by atoms with Crippen molar-refractivity contribution < 1.29 is 4.74 Å². The Morgan fingerprint density at radius 2 is 2.05 bits per heavy atom. The van der Waals surface area contributed by atoms with E-state index in [9.17, 15) is 4.79 Å². The van der Waals surface area contributed by atoms with Crippen LogP contribution in [-0.4, -0.2) is 9.97 Å². The molecule has 0 atom stereocenters. The molecule has 3 aromatic rings. The molecule has 0 aliphatic rings. The molecule has 0 unspecified atom stereocenters. The van der Waals surface area contributed by atoms with E-state index in [1.54, 1.807) is 24.3 Å². The Labute approximate surface area is 127 Å². The lowest BCUT2D eigenvalue weighted by Crippen LogP contribution is -2.09. The minimum atomic E-state index is -0.275. The first-order valence-electron chi connectivity index (χ1n) is 5.85. The van der Waals surface area contributed by atoms with Crippen molar-refractivity contribution in [2.24, 2.45) is 0 Å². The maximum absolute atomic E-state index is 12.0. The zero-order chi connectivity index (χ0) is 14.1. The summed E-state index contributed by atoms with van der Waals surface area (Å²) in [5, 5.41) is 0.444. The molecule has 1 aromatic heterocycles. The van der Waals surface area contributed by atoms with Crippen LogP contribution in [0.15, 0.2) is 47.3 Å². The first-order valence-corrected chi connectivity index (χ1v) is 6.93. The van der Waals surface area contributed by atoms with E-state index >= 15 is 0 Å². The van der Waals surface area contributed by atoms with E-state index in [1.807, 2.05) is 18.2 Å². The van der Waals surface area contributed by atoms with Gasteiger partial charge in [0.15, 0.2) is 0 Å². The molecule has 1 heterocycles. The number of halogens is 1. The Bertz CT molecular complexity index is 845. The van der Waals surface area contributed by atoms with Gasteiger partial charge in [0.25, 0.3) is 5.56 Å². The summed E-state index contributed by atoms with van der Waals surface area (Å²) in [5.41, 5.74) is 6.45. The number of anilines is 1. The van der Waals surface area contributed by atoms with Crippen molar-refractivity contribution in [3.8, 4) is 11.8 Å². The van der Waals surface area contributed by atoms with E-state index in [-0.39, 0.29) is 11.6 Å². The number of nitrogens with one attached hydrogen (secondary N) is 1. The van der Waals surface area contributed by atoms with E-state index in [1.165, 1.54) is 0 Å². The van der Waals surface area contributed by atoms with Crippen molar-refractivity contribution in [3.05, 3.63) is 56.4 Å². The highest BCUT2D eigenvalue weighted by Crippen LogP contribution is 2.21. The minimum absolute atomic E-state index is 0.161. The number of nitrogens with two attached hydrogens (primary N) is 1. The zero-order valence-corrected chi connectivity index (χ0v) is 12.4. The molecular weight excluding hydrogens is 369 g/mol. The fourth-order valence-electron chi connectivity index (χ4n) is 1.83. The number of H-pyrrole nitrogens is 1. The summed E-state index contributed by atoms with van der Waals surface area (Å²) in [7, 11) is 0. The number of nitrogen functional groups attached to an aromatic ring is 1. The predicted molar refractivity (Wildman–Crippen MR) is 86.0 cm³/mol. The van der Waals surface area contributed by atoms with Crippen LogP contribution >= 0.6 is 22.6 Å². The van der Waals surface area contributed by atoms with E-state index in [0.717, 1.165) is 3.57 Å². The van der Waals surface area contributed by atoms with Crippen LogP contribution in [0.1, 0.15) is 0 Å². The molecule has 0 saturated heterocycles. The molecule has 0 fully saturated rings. The van der Waals surface area contributed by atoms with Gasteiger partial charge in [-0.1, -0.05) is 6.07 Å². The first kappa shape index (κ1) is 12.9. The largest absolute Gasteiger partial charge is 0.426 e. The van der Waals surface area contributed by atoms with Crippen LogP contribution in [0.3, 0.4) is 0 Å². The molecule has 0 bridgehead atoms. The van der Waals surface area contributed by atoms with Crippen LogP contribution in [0, 0.1) is 3.57 Å². The average molecular weight is 379 g/mol. The lowest BCUT2D eigenvalue weighted by molar-refractivity contribution is 0.442. The highest BCUT2D eigenvalue weighted by atomic mass is 127. The molecule has 3 N–H and O–H groups in total. The number of hydrogen-bond acceptors (Lipinski definition) is 4. The van der Waals surface area contributed by atoms with E-state index in [2.05, 4.69) is 32.6 Å². The summed E-state index contributed by atoms with van der Waals surface area (Å²) < 4.78 is 6.61. The number of ether oxygens (including phenoxy) is 1. The normalized spacial score (nSPS) is 10.7. The van der Waals surface area contributed by atoms with Crippen molar-refractivity contribution >= 4 is 39.2 Å². The van der Waals surface area contributed by atoms with Gasteiger partial charge in [-0.3, -0.25) is 9.78 Å². The standard InChI is InChI=1S/C14H10IN3O2/c15-8-2-1-3-10(6-8)20-14-17-12-5-4-9(16)7-11(12)13(19)18-14/h1-7H,16H2,(H,17,18,19). The second kappa shape index (κ2) is 5.12. The van der Waals surface area contributed by atoms with Crippen molar-refractivity contribution in [2.75, 3.05) is 5.73 Å². The lowest BCUT2D eigenvalue weighted by Gasteiger charge is -2.06. The number of fused-ring (bicyclic) bond motifs is 1. The van der Waals surface area contributed by atoms with Gasteiger partial charge in [0, 0.05) is 9.26 Å². The van der Waals surface area contributed by atoms with Crippen molar-refractivity contribution in [2.45, 2.75) is 0 Å². The van der Waals surface area contributed by atoms with Gasteiger partial charge in [0.05, 0.1) is 10.9 Å². The van der Waals surface area contributed by atoms with Gasteiger partial charge in [-0.05, 0) is 59.0 Å². The Kier molecular flexibility index (Phi) is 3.31. The molecule has 0 amide bonds. The summed E-state index contributed by atoms with van der Waals surface area (Å²) >= 11 is 2.19. The molecule has 20 heavy (non-hydrogen) atoms. The number of aromatic nitrogens is 2. The van der Waals surface area contributed by atoms with E-state index in [4.69, 9.17) is 10.5 Å². The number of benzene rings is 2. The SMILES string of the molecule is Nc1ccc2nc(Oc3cccc(I)c3)[nH]c(=O)c2c1. The highest BCUT2D eigenvalue weighted by molar-refractivity contribution is 14.1. The third kappa shape index (κ3) is 2.60. The van der Waals surface area contributed by atoms with Crippen LogP contribution < -0.4 is 16.0 Å². The predicted octanol–water partition coefficient (Wildman–Crippen LogP) is 2.90. The molecule has 3 rings (SSSR count). The second-order valence-electron chi connectivity index (χ2n) is 4.21. The molecule has 6 heteroatoms. The van der Waals surface area contributed by atoms with Gasteiger partial charge in [-0.15, -0.1) is 0 Å². The van der Waals surface area contributed by atoms with Crippen LogP contribution in [0.4, 0.5) is 5.69 Å². The topological polar surface area (TPSA) is 81.0 Å². The number of hydrogen-bond donors (Lipinski definition) is 2. The van der Waals surface area contributed by atoms with Crippen molar-refractivity contribution in [1.29, 1.82) is 0 Å². The molecule has 0 saturated carbocycles. The maximum atomic E-state index is 12.0. The summed E-state index contributed by atoms with van der Waals surface area (Å²) in [6.07, 6.45) is 0. The smallest absolute Gasteiger partial charge is 0.302 e. The van der Waals surface area contributed by atoms with Crippen LogP contribution in [0.25, 0.3) is 10.9 Å². The Morgan fingerprint density at radius 3 is 2.85 bits per heavy atom. The van der Waals surface area contributed by atoms with E-state index in [0.29, 0.717) is 22.3 Å². The van der Waals surface area contributed by atoms with E-state index < -0.39 is 0 Å². The first-order chi connectivity index (χ1) is 9.61. The number of rotatable bonds is 2. The summed E-state index contributed by atoms with van der Waals surface area (Å²) in [5.74, 6) is 0.620. The van der Waals surface area contributed by atoms with Gasteiger partial charge in [0.2, 0.25) is 0 Å². The zero-order valence-electron chi connectivity index (χ0n) is 10.3. The Morgan fingerprint density at radius 1 is 1.20 bits per heavy atom. The quantitative estimate of drug-likeness (QED) is 0.530. The third-order valence-corrected chi connectivity index (χ3v) is 3.39. The third-order valence-electron chi connectivity index (χ3n) is 2.72. The van der Waals surface area contributed by atoms with Gasteiger partial charge in [0.1, 0.15) is 5.75 Å². The molecule has 5 nitrogen and oxygen atoms in total. The fourth-order valence-corrected chi connectivity index (χ4v) is 2.34. The maximum Gasteiger partial charge on any atom is 0.302 e. The van der Waals surface area contributed by atoms with Crippen LogP contribution in [0.2, 0.25) is 0 Å². The lowest BCUT2D eigenvalue weighted by atomic mass is 10.2. The number of nitrogens with zero attached hydrogens (tertiary/aromatic N) is 1. The number of aromatic amines is 1. The Hall–Kier alpha value is -2.09. The molecule has 0 aliphatic heterocycles. The van der Waals surface area contributed by atoms with Gasteiger partial charge in [-0.2, -0.15) is 4.98 Å². The van der Waals surface area contributed by atoms with Crippen LogP contribution in [0.5, 0.6) is 11.8 Å². The summed E-state index contributed by atoms with van der Waals surface area (Å²) in [6, 6.07) is 12.6. The molecule has 2 aromatic carbocycles. The van der Waals surface area contributed by atoms with Gasteiger partial charge < -0.3 is 10.5 Å². The summed E-state index contributed by atoms with van der Waals surface area (Å²) in [4.78, 5) is 18.8. The highest BCUT2D eigenvalue weighted by Gasteiger charge is 2.06. The molecular formula is C14H10IN3O2. The molecule has 0 spiro atoms. The molecule has 100 valence electrons. The Balaban J connectivity index is 2.05. The van der Waals surface area contributed by atoms with Crippen LogP contribution in [-0.2, 0) is 0 Å². The minimum Gasteiger partial charge on any atom is -0.426 e. The molecule has 0 radical (unpaired) electrons. The second-order valence-corrected chi connectivity index (χ2v) is 5.45. The monoisotopic (exact) mass is 379 g/mol.